The van der Waals surface area contributed by atoms with Gasteiger partial charge in [0.1, 0.15) is 11.9 Å². The van der Waals surface area contributed by atoms with E-state index >= 15 is 0 Å². The molecule has 1 heterocycles. The smallest absolute Gasteiger partial charge is 0.415 e. The van der Waals surface area contributed by atoms with Gasteiger partial charge in [-0.3, -0.25) is 9.80 Å². The third-order valence-corrected chi connectivity index (χ3v) is 4.34. The number of hydrogen-bond donors (Lipinski definition) is 1. The van der Waals surface area contributed by atoms with Crippen LogP contribution in [0.4, 0.5) is 9.59 Å². The quantitative estimate of drug-likeness (QED) is 0.688. The first kappa shape index (κ1) is 20.1. The largest absolute Gasteiger partial charge is 0.452 e. The van der Waals surface area contributed by atoms with E-state index in [2.05, 4.69) is 17.4 Å². The third-order valence-electron chi connectivity index (χ3n) is 4.34. The summed E-state index contributed by atoms with van der Waals surface area (Å²) < 4.78 is 10.0. The number of nitrogens with zero attached hydrogens (tertiary/aromatic N) is 3. The Bertz CT molecular complexity index is 743. The van der Waals surface area contributed by atoms with Gasteiger partial charge in [-0.2, -0.15) is 5.26 Å². The van der Waals surface area contributed by atoms with Crippen LogP contribution < -0.4 is 5.73 Å². The maximum Gasteiger partial charge on any atom is 0.415 e. The summed E-state index contributed by atoms with van der Waals surface area (Å²) in [4.78, 5) is 26.6. The zero-order valence-corrected chi connectivity index (χ0v) is 15.6. The molecule has 27 heavy (non-hydrogen) atoms. The summed E-state index contributed by atoms with van der Waals surface area (Å²) in [6.07, 6.45) is 8.92. The first-order valence-electron chi connectivity index (χ1n) is 8.57. The Kier molecular flexibility index (Phi) is 6.29. The van der Waals surface area contributed by atoms with Gasteiger partial charge in [-0.25, -0.2) is 9.59 Å². The zero-order valence-electron chi connectivity index (χ0n) is 15.6. The van der Waals surface area contributed by atoms with Crippen LogP contribution in [0.25, 0.3) is 0 Å². The fourth-order valence-corrected chi connectivity index (χ4v) is 2.64. The summed E-state index contributed by atoms with van der Waals surface area (Å²) in [7, 11) is 1.23. The van der Waals surface area contributed by atoms with Crippen LogP contribution in [0.15, 0.2) is 48.5 Å². The van der Waals surface area contributed by atoms with Crippen LogP contribution >= 0.6 is 0 Å². The SMILES string of the molecule is C=C(N)N(CC1CN(C(/C=C\C)=C/C=CC2(C#N)CC2)C(=O)O1)C(=O)OC. The fourth-order valence-electron chi connectivity index (χ4n) is 2.64. The molecule has 2 amide bonds. The number of allylic oxidation sites excluding steroid dienone is 5. The molecule has 1 atom stereocenters. The van der Waals surface area contributed by atoms with Crippen LogP contribution in [0.2, 0.25) is 0 Å². The van der Waals surface area contributed by atoms with Gasteiger partial charge in [-0.1, -0.05) is 24.8 Å². The second-order valence-corrected chi connectivity index (χ2v) is 6.41. The van der Waals surface area contributed by atoms with Gasteiger partial charge in [0.2, 0.25) is 0 Å². The van der Waals surface area contributed by atoms with Gasteiger partial charge in [-0.15, -0.1) is 0 Å². The van der Waals surface area contributed by atoms with E-state index in [-0.39, 0.29) is 24.3 Å². The highest BCUT2D eigenvalue weighted by Crippen LogP contribution is 2.46. The van der Waals surface area contributed by atoms with E-state index in [4.69, 9.17) is 15.7 Å². The normalized spacial score (nSPS) is 21.2. The number of amides is 2. The molecule has 8 heteroatoms. The standard InChI is InChI=1S/C19H24N4O4/c1-4-6-15(7-5-8-19(13-20)9-10-19)23-12-16(27-18(23)25)11-22(14(2)21)17(24)26-3/h4-8,16H,2,9-12,21H2,1,3H3/b6-4-,8-5?,15-7+. The lowest BCUT2D eigenvalue weighted by Gasteiger charge is -2.22. The molecule has 0 spiro atoms. The molecule has 144 valence electrons. The van der Waals surface area contributed by atoms with Crippen molar-refractivity contribution < 1.29 is 19.1 Å². The Labute approximate surface area is 158 Å². The topological polar surface area (TPSA) is 109 Å². The van der Waals surface area contributed by atoms with E-state index in [1.165, 1.54) is 12.0 Å². The van der Waals surface area contributed by atoms with E-state index in [0.717, 1.165) is 17.7 Å². The zero-order chi connectivity index (χ0) is 20.0. The maximum absolute atomic E-state index is 12.3. The van der Waals surface area contributed by atoms with E-state index in [9.17, 15) is 9.59 Å². The number of nitrogens with two attached hydrogens (primary N) is 1. The summed E-state index contributed by atoms with van der Waals surface area (Å²) in [6.45, 7) is 5.66. The highest BCUT2D eigenvalue weighted by Gasteiger charge is 2.40. The molecule has 1 aliphatic heterocycles. The van der Waals surface area contributed by atoms with Crippen molar-refractivity contribution >= 4 is 12.2 Å². The number of rotatable bonds is 7. The molecule has 0 aromatic heterocycles. The average Bonchev–Trinajstić information content (AvgIpc) is 3.33. The molecule has 2 N–H and O–H groups in total. The van der Waals surface area contributed by atoms with Crippen molar-refractivity contribution in [1.29, 1.82) is 5.26 Å². The molecule has 1 saturated heterocycles. The number of cyclic esters (lactones) is 1. The minimum absolute atomic E-state index is 0.00902. The summed E-state index contributed by atoms with van der Waals surface area (Å²) >= 11 is 0. The third kappa shape index (κ3) is 4.91. The Balaban J connectivity index is 2.10. The number of hydrogen-bond acceptors (Lipinski definition) is 6. The van der Waals surface area contributed by atoms with Crippen molar-refractivity contribution in [2.24, 2.45) is 11.1 Å². The van der Waals surface area contributed by atoms with Gasteiger partial charge in [0.15, 0.2) is 0 Å². The molecule has 0 aromatic carbocycles. The summed E-state index contributed by atoms with van der Waals surface area (Å²) in [5.74, 6) is 0.00902. The molecule has 1 aliphatic carbocycles. The Morgan fingerprint density at radius 1 is 1.59 bits per heavy atom. The number of carbonyl (C=O) groups excluding carboxylic acids is 2. The van der Waals surface area contributed by atoms with Crippen LogP contribution in [-0.2, 0) is 9.47 Å². The molecular weight excluding hydrogens is 348 g/mol. The molecular formula is C19H24N4O4. The molecule has 0 bridgehead atoms. The van der Waals surface area contributed by atoms with E-state index in [1.54, 1.807) is 24.3 Å². The number of ether oxygens (including phenoxy) is 2. The summed E-state index contributed by atoms with van der Waals surface area (Å²) in [5.41, 5.74) is 5.88. The second kappa shape index (κ2) is 8.45. The predicted octanol–water partition coefficient (Wildman–Crippen LogP) is 2.63. The molecule has 8 nitrogen and oxygen atoms in total. The highest BCUT2D eigenvalue weighted by molar-refractivity contribution is 5.74. The number of methoxy groups -OCH3 is 1. The molecule has 2 fully saturated rings. The molecule has 1 unspecified atom stereocenters. The molecule has 2 rings (SSSR count). The predicted molar refractivity (Wildman–Crippen MR) is 98.7 cm³/mol. The van der Waals surface area contributed by atoms with Crippen molar-refractivity contribution in [1.82, 2.24) is 9.80 Å². The first-order valence-corrected chi connectivity index (χ1v) is 8.57. The van der Waals surface area contributed by atoms with Crippen molar-refractivity contribution in [2.75, 3.05) is 20.2 Å². The Hall–Kier alpha value is -3.21. The van der Waals surface area contributed by atoms with E-state index < -0.39 is 18.3 Å². The fraction of sp³-hybridized carbons (Fsp3) is 0.421. The average molecular weight is 372 g/mol. The minimum Gasteiger partial charge on any atom is -0.452 e. The van der Waals surface area contributed by atoms with Crippen LogP contribution in [0.5, 0.6) is 0 Å². The highest BCUT2D eigenvalue weighted by atomic mass is 16.6. The second-order valence-electron chi connectivity index (χ2n) is 6.41. The van der Waals surface area contributed by atoms with E-state index in [0.29, 0.717) is 5.70 Å². The molecule has 2 aliphatic rings. The first-order chi connectivity index (χ1) is 12.9. The maximum atomic E-state index is 12.3. The lowest BCUT2D eigenvalue weighted by atomic mass is 10.1. The number of nitriles is 1. The van der Waals surface area contributed by atoms with Gasteiger partial charge in [0.25, 0.3) is 0 Å². The Morgan fingerprint density at radius 2 is 2.30 bits per heavy atom. The Morgan fingerprint density at radius 3 is 2.81 bits per heavy atom. The van der Waals surface area contributed by atoms with Crippen molar-refractivity contribution in [3.8, 4) is 6.07 Å². The van der Waals surface area contributed by atoms with Gasteiger partial charge < -0.3 is 15.2 Å². The number of carbonyl (C=O) groups is 2. The van der Waals surface area contributed by atoms with Crippen LogP contribution in [0.1, 0.15) is 19.8 Å². The van der Waals surface area contributed by atoms with Gasteiger partial charge in [0.05, 0.1) is 31.7 Å². The van der Waals surface area contributed by atoms with Crippen LogP contribution in [0, 0.1) is 16.7 Å². The van der Waals surface area contributed by atoms with Crippen LogP contribution in [-0.4, -0.2) is 48.3 Å². The van der Waals surface area contributed by atoms with E-state index in [1.807, 2.05) is 13.0 Å². The molecule has 1 saturated carbocycles. The van der Waals surface area contributed by atoms with Crippen molar-refractivity contribution in [3.05, 3.63) is 48.5 Å². The molecule has 0 radical (unpaired) electrons. The van der Waals surface area contributed by atoms with Gasteiger partial charge in [0, 0.05) is 5.70 Å². The van der Waals surface area contributed by atoms with Crippen molar-refractivity contribution in [2.45, 2.75) is 25.9 Å². The lowest BCUT2D eigenvalue weighted by Crippen LogP contribution is -2.40. The van der Waals surface area contributed by atoms with Crippen LogP contribution in [0.3, 0.4) is 0 Å². The van der Waals surface area contributed by atoms with Gasteiger partial charge in [-0.05, 0) is 31.9 Å². The monoisotopic (exact) mass is 372 g/mol. The minimum atomic E-state index is -0.671. The molecule has 0 aromatic rings. The van der Waals surface area contributed by atoms with Crippen molar-refractivity contribution in [3.63, 3.8) is 0 Å². The summed E-state index contributed by atoms with van der Waals surface area (Å²) in [5, 5.41) is 9.13. The summed E-state index contributed by atoms with van der Waals surface area (Å²) in [6, 6.07) is 2.28. The lowest BCUT2D eigenvalue weighted by molar-refractivity contribution is 0.0977. The van der Waals surface area contributed by atoms with Gasteiger partial charge >= 0.3 is 12.2 Å².